The number of benzene rings is 1. The molecule has 2 aromatic rings. The van der Waals surface area contributed by atoms with Gasteiger partial charge < -0.3 is 4.89 Å². The summed E-state index contributed by atoms with van der Waals surface area (Å²) >= 11 is 9.04. The van der Waals surface area contributed by atoms with Gasteiger partial charge in [0.15, 0.2) is 0 Å². The van der Waals surface area contributed by atoms with Crippen LogP contribution in [0.15, 0.2) is 24.3 Å². The van der Waals surface area contributed by atoms with Crippen LogP contribution in [0.25, 0.3) is 10.1 Å². The van der Waals surface area contributed by atoms with E-state index in [4.69, 9.17) is 16.5 Å². The molecule has 0 spiro atoms. The Kier molecular flexibility index (Phi) is 6.28. The van der Waals surface area contributed by atoms with Crippen molar-refractivity contribution in [2.24, 2.45) is 0 Å². The van der Waals surface area contributed by atoms with Gasteiger partial charge in [0.25, 0.3) is 5.91 Å². The van der Waals surface area contributed by atoms with Crippen molar-refractivity contribution in [1.29, 1.82) is 0 Å². The minimum absolute atomic E-state index is 0.0597. The van der Waals surface area contributed by atoms with Gasteiger partial charge in [-0.2, -0.15) is 4.62 Å². The van der Waals surface area contributed by atoms with Crippen LogP contribution in [-0.4, -0.2) is 23.7 Å². The van der Waals surface area contributed by atoms with Crippen LogP contribution in [-0.2, 0) is 24.3 Å². The average Bonchev–Trinajstić information content (AvgIpc) is 2.81. The molecule has 6 nitrogen and oxygen atoms in total. The van der Waals surface area contributed by atoms with Crippen LogP contribution < -0.4 is 5.48 Å². The molecule has 0 saturated heterocycles. The van der Waals surface area contributed by atoms with E-state index in [9.17, 15) is 9.36 Å². The molecule has 120 valence electrons. The second-order valence-electron chi connectivity index (χ2n) is 4.11. The molecule has 0 saturated carbocycles. The largest absolute Gasteiger partial charge is 0.493 e. The Bertz CT molecular complexity index is 723. The van der Waals surface area contributed by atoms with Gasteiger partial charge in [0.2, 0.25) is 0 Å². The Morgan fingerprint density at radius 1 is 1.50 bits per heavy atom. The number of halogens is 1. The van der Waals surface area contributed by atoms with Crippen molar-refractivity contribution in [3.05, 3.63) is 34.2 Å². The molecule has 22 heavy (non-hydrogen) atoms. The molecule has 0 radical (unpaired) electrons. The summed E-state index contributed by atoms with van der Waals surface area (Å²) in [6, 6.07) is 7.85. The third kappa shape index (κ3) is 4.70. The molecule has 1 aromatic carbocycles. The average molecular weight is 382 g/mol. The number of thioether (sulfide) groups is 1. The lowest BCUT2D eigenvalue weighted by molar-refractivity contribution is -0.126. The Morgan fingerprint density at radius 2 is 2.23 bits per heavy atom. The number of hydrogen-bond acceptors (Lipinski definition) is 6. The highest BCUT2D eigenvalue weighted by Gasteiger charge is 2.20. The fraction of sp³-hybridized carbons (Fsp3) is 0.250. The molecule has 1 unspecified atom stereocenters. The number of carbonyl (C=O) groups is 1. The lowest BCUT2D eigenvalue weighted by Crippen LogP contribution is -2.24. The first kappa shape index (κ1) is 17.7. The highest BCUT2D eigenvalue weighted by molar-refractivity contribution is 7.99. The second kappa shape index (κ2) is 7.79. The zero-order valence-electron chi connectivity index (χ0n) is 11.4. The van der Waals surface area contributed by atoms with Crippen LogP contribution in [0.3, 0.4) is 0 Å². The number of rotatable bonds is 7. The summed E-state index contributed by atoms with van der Waals surface area (Å²) in [6.07, 6.45) is 0. The van der Waals surface area contributed by atoms with Crippen molar-refractivity contribution >= 4 is 58.5 Å². The van der Waals surface area contributed by atoms with E-state index < -0.39 is 13.7 Å². The molecule has 0 fully saturated rings. The molecule has 1 aromatic heterocycles. The van der Waals surface area contributed by atoms with Gasteiger partial charge in [-0.15, -0.1) is 23.1 Å². The minimum Gasteiger partial charge on any atom is -0.301 e. The van der Waals surface area contributed by atoms with E-state index in [2.05, 4.69) is 9.15 Å². The van der Waals surface area contributed by atoms with Gasteiger partial charge in [0, 0.05) is 17.6 Å². The Morgan fingerprint density at radius 3 is 2.95 bits per heavy atom. The van der Waals surface area contributed by atoms with Gasteiger partial charge in [-0.05, 0) is 17.0 Å². The van der Waals surface area contributed by atoms with Crippen LogP contribution in [0.5, 0.6) is 0 Å². The van der Waals surface area contributed by atoms with E-state index in [-0.39, 0.29) is 5.75 Å². The van der Waals surface area contributed by atoms with Gasteiger partial charge in [0.1, 0.15) is 0 Å². The smallest absolute Gasteiger partial charge is 0.301 e. The van der Waals surface area contributed by atoms with Crippen molar-refractivity contribution < 1.29 is 23.4 Å². The first-order valence-electron chi connectivity index (χ1n) is 6.02. The summed E-state index contributed by atoms with van der Waals surface area (Å²) in [7, 11) is -3.20. The topological polar surface area (TPSA) is 84.9 Å². The SMILES string of the molecule is COP(=O)(O)ONC(=O)CSCc1c(Cl)sc2ccccc12. The van der Waals surface area contributed by atoms with Crippen molar-refractivity contribution in [3.63, 3.8) is 0 Å². The molecule has 1 atom stereocenters. The number of nitrogens with one attached hydrogen (secondary N) is 1. The fourth-order valence-electron chi connectivity index (χ4n) is 1.62. The van der Waals surface area contributed by atoms with Crippen molar-refractivity contribution in [1.82, 2.24) is 5.48 Å². The van der Waals surface area contributed by atoms with Gasteiger partial charge in [-0.1, -0.05) is 29.8 Å². The fourth-order valence-corrected chi connectivity index (χ4v) is 4.30. The zero-order valence-corrected chi connectivity index (χ0v) is 14.7. The number of carbonyl (C=O) groups excluding carboxylic acids is 1. The Hall–Kier alpha value is -0.600. The lowest BCUT2D eigenvalue weighted by Gasteiger charge is -2.09. The summed E-state index contributed by atoms with van der Waals surface area (Å²) in [6.45, 7) is 0. The maximum Gasteiger partial charge on any atom is 0.493 e. The predicted molar refractivity (Wildman–Crippen MR) is 89.1 cm³/mol. The molecule has 0 aliphatic heterocycles. The highest BCUT2D eigenvalue weighted by atomic mass is 35.5. The molecular weight excluding hydrogens is 369 g/mol. The third-order valence-corrected chi connectivity index (χ3v) is 5.84. The number of thiophene rings is 1. The standard InChI is InChI=1S/C12H13ClNO5PS2/c1-18-20(16,17)19-14-11(15)7-21-6-9-8-4-2-3-5-10(8)22-12(9)13/h2-5H,6-7H2,1H3,(H,14,15)(H,16,17). The number of amides is 1. The monoisotopic (exact) mass is 381 g/mol. The second-order valence-corrected chi connectivity index (χ2v) is 8.24. The molecule has 10 heteroatoms. The zero-order chi connectivity index (χ0) is 16.2. The summed E-state index contributed by atoms with van der Waals surface area (Å²) in [5.74, 6) is 0.0774. The molecule has 1 heterocycles. The number of phosphoric ester groups is 1. The van der Waals surface area contributed by atoms with Gasteiger partial charge >= 0.3 is 7.82 Å². The van der Waals surface area contributed by atoms with E-state index in [1.807, 2.05) is 29.7 Å². The molecule has 1 amide bonds. The highest BCUT2D eigenvalue weighted by Crippen LogP contribution is 2.40. The van der Waals surface area contributed by atoms with E-state index >= 15 is 0 Å². The molecule has 0 aliphatic carbocycles. The summed E-state index contributed by atoms with van der Waals surface area (Å²) in [4.78, 5) is 20.5. The van der Waals surface area contributed by atoms with Crippen LogP contribution in [0, 0.1) is 0 Å². The first-order valence-corrected chi connectivity index (χ1v) is 9.87. The van der Waals surface area contributed by atoms with Crippen molar-refractivity contribution in [2.75, 3.05) is 12.9 Å². The van der Waals surface area contributed by atoms with E-state index in [1.165, 1.54) is 23.1 Å². The summed E-state index contributed by atoms with van der Waals surface area (Å²) < 4.78 is 21.2. The van der Waals surface area contributed by atoms with Gasteiger partial charge in [0.05, 0.1) is 10.1 Å². The Labute approximate surface area is 140 Å². The van der Waals surface area contributed by atoms with Crippen LogP contribution in [0.4, 0.5) is 0 Å². The normalized spacial score (nSPS) is 14.0. The Balaban J connectivity index is 1.87. The molecular formula is C12H13ClNO5PS2. The minimum atomic E-state index is -4.21. The molecule has 0 bridgehead atoms. The van der Waals surface area contributed by atoms with Crippen LogP contribution >= 0.6 is 42.5 Å². The molecule has 2 N–H and O–H groups in total. The molecule has 2 rings (SSSR count). The maximum absolute atomic E-state index is 11.5. The van der Waals surface area contributed by atoms with Crippen LogP contribution in [0.1, 0.15) is 5.56 Å². The van der Waals surface area contributed by atoms with Crippen LogP contribution in [0.2, 0.25) is 4.34 Å². The van der Waals surface area contributed by atoms with Gasteiger partial charge in [-0.3, -0.25) is 9.32 Å². The van der Waals surface area contributed by atoms with Crippen molar-refractivity contribution in [3.8, 4) is 0 Å². The quantitative estimate of drug-likeness (QED) is 0.563. The third-order valence-electron chi connectivity index (χ3n) is 2.63. The number of hydrogen-bond donors (Lipinski definition) is 2. The van der Waals surface area contributed by atoms with E-state index in [0.29, 0.717) is 10.1 Å². The number of fused-ring (bicyclic) bond motifs is 1. The maximum atomic E-state index is 11.5. The lowest BCUT2D eigenvalue weighted by atomic mass is 10.2. The van der Waals surface area contributed by atoms with E-state index in [0.717, 1.165) is 22.8 Å². The first-order chi connectivity index (χ1) is 10.4. The van der Waals surface area contributed by atoms with Crippen molar-refractivity contribution in [2.45, 2.75) is 5.75 Å². The summed E-state index contributed by atoms with van der Waals surface area (Å²) in [5, 5.41) is 1.07. The molecule has 0 aliphatic rings. The number of hydroxylamine groups is 1. The van der Waals surface area contributed by atoms with E-state index in [1.54, 1.807) is 0 Å². The summed E-state index contributed by atoms with van der Waals surface area (Å²) in [5.41, 5.74) is 2.85. The number of phosphoric acid groups is 1. The predicted octanol–water partition coefficient (Wildman–Crippen LogP) is 3.58. The van der Waals surface area contributed by atoms with Gasteiger partial charge in [-0.25, -0.2) is 10.0 Å².